The Balaban J connectivity index is 0.000000427. The van der Waals surface area contributed by atoms with Gasteiger partial charge in [0, 0.05) is 45.0 Å². The molecule has 0 unspecified atom stereocenters. The topological polar surface area (TPSA) is 84.3 Å². The van der Waals surface area contributed by atoms with Crippen molar-refractivity contribution in [1.29, 1.82) is 0 Å². The largest absolute Gasteiger partial charge is 0.473 e. The van der Waals surface area contributed by atoms with Gasteiger partial charge in [-0.25, -0.2) is 9.59 Å². The Bertz CT molecular complexity index is 904. The molecule has 0 radical (unpaired) electrons. The summed E-state index contributed by atoms with van der Waals surface area (Å²) in [6.45, 7) is 8.01. The predicted octanol–water partition coefficient (Wildman–Crippen LogP) is 3.46. The number of benzene rings is 2. The summed E-state index contributed by atoms with van der Waals surface area (Å²) in [6, 6.07) is 17.1. The van der Waals surface area contributed by atoms with E-state index in [2.05, 4.69) is 51.1 Å². The monoisotopic (exact) mass is 459 g/mol. The number of carboxylic acids is 2. The van der Waals surface area contributed by atoms with E-state index in [1.54, 1.807) is 0 Å². The predicted molar refractivity (Wildman–Crippen MR) is 127 cm³/mol. The van der Waals surface area contributed by atoms with E-state index >= 15 is 0 Å². The van der Waals surface area contributed by atoms with Crippen LogP contribution >= 0.6 is 11.6 Å². The molecule has 2 aliphatic heterocycles. The molecule has 0 aromatic heterocycles. The van der Waals surface area contributed by atoms with E-state index in [0.717, 1.165) is 31.2 Å². The number of carboxylic acid groups (broad SMARTS) is 2. The minimum atomic E-state index is -1.82. The normalized spacial score (nSPS) is 15.7. The van der Waals surface area contributed by atoms with Gasteiger partial charge in [0.05, 0.1) is 10.7 Å². The van der Waals surface area contributed by atoms with Gasteiger partial charge in [-0.3, -0.25) is 4.90 Å². The zero-order chi connectivity index (χ0) is 22.9. The molecule has 1 saturated heterocycles. The van der Waals surface area contributed by atoms with Gasteiger partial charge in [0.1, 0.15) is 0 Å². The van der Waals surface area contributed by atoms with Crippen LogP contribution in [0.3, 0.4) is 0 Å². The van der Waals surface area contributed by atoms with E-state index in [-0.39, 0.29) is 0 Å². The molecule has 2 aromatic rings. The summed E-state index contributed by atoms with van der Waals surface area (Å²) >= 11 is 6.33. The van der Waals surface area contributed by atoms with Gasteiger partial charge < -0.3 is 20.0 Å². The van der Waals surface area contributed by atoms with Gasteiger partial charge in [0.2, 0.25) is 0 Å². The minimum Gasteiger partial charge on any atom is -0.473 e. The second kappa shape index (κ2) is 11.7. The van der Waals surface area contributed by atoms with Gasteiger partial charge in [0.25, 0.3) is 0 Å². The van der Waals surface area contributed by atoms with Crippen LogP contribution in [0.1, 0.15) is 18.4 Å². The number of nitrogens with zero attached hydrogens (tertiary/aromatic N) is 3. The van der Waals surface area contributed by atoms with Crippen molar-refractivity contribution in [1.82, 2.24) is 4.90 Å². The molecule has 2 aliphatic rings. The lowest BCUT2D eigenvalue weighted by molar-refractivity contribution is -0.159. The first-order valence-corrected chi connectivity index (χ1v) is 11.3. The average molecular weight is 460 g/mol. The molecule has 1 fully saturated rings. The lowest BCUT2D eigenvalue weighted by Crippen LogP contribution is -2.46. The number of halogens is 1. The molecule has 2 heterocycles. The number of unbranched alkanes of at least 4 members (excludes halogenated alkanes) is 1. The molecule has 0 atom stereocenters. The lowest BCUT2D eigenvalue weighted by Gasteiger charge is -2.36. The smallest absolute Gasteiger partial charge is 0.414 e. The number of aliphatic carboxylic acids is 2. The van der Waals surface area contributed by atoms with Gasteiger partial charge in [-0.1, -0.05) is 41.9 Å². The SMILES string of the molecule is Clc1ccccc1N1CCN(CCCCN2CCc3ccccc32)CC1.O=C(O)C(=O)O. The Morgan fingerprint density at radius 3 is 2.03 bits per heavy atom. The maximum absolute atomic E-state index is 9.10. The molecule has 2 N–H and O–H groups in total. The second-order valence-corrected chi connectivity index (χ2v) is 8.37. The third-order valence-corrected chi connectivity index (χ3v) is 6.20. The molecule has 0 amide bonds. The zero-order valence-corrected chi connectivity index (χ0v) is 18.9. The molecule has 0 spiro atoms. The van der Waals surface area contributed by atoms with Gasteiger partial charge in [-0.05, 0) is 49.6 Å². The molecular formula is C24H30ClN3O4. The first kappa shape index (κ1) is 23.9. The van der Waals surface area contributed by atoms with Crippen LogP contribution in [0.25, 0.3) is 0 Å². The van der Waals surface area contributed by atoms with Gasteiger partial charge in [-0.15, -0.1) is 0 Å². The summed E-state index contributed by atoms with van der Waals surface area (Å²) in [4.78, 5) is 25.8. The highest BCUT2D eigenvalue weighted by atomic mass is 35.5. The Morgan fingerprint density at radius 1 is 0.781 bits per heavy atom. The van der Waals surface area contributed by atoms with Crippen LogP contribution in [-0.2, 0) is 16.0 Å². The van der Waals surface area contributed by atoms with Crippen molar-refractivity contribution in [3.05, 3.63) is 59.1 Å². The first-order chi connectivity index (χ1) is 15.5. The minimum absolute atomic E-state index is 0.867. The van der Waals surface area contributed by atoms with E-state index in [9.17, 15) is 0 Å². The molecule has 8 heteroatoms. The summed E-state index contributed by atoms with van der Waals surface area (Å²) < 4.78 is 0. The van der Waals surface area contributed by atoms with Crippen LogP contribution in [0.15, 0.2) is 48.5 Å². The highest BCUT2D eigenvalue weighted by Gasteiger charge is 2.20. The number of piperazine rings is 1. The fraction of sp³-hybridized carbons (Fsp3) is 0.417. The van der Waals surface area contributed by atoms with Crippen molar-refractivity contribution in [2.24, 2.45) is 0 Å². The summed E-state index contributed by atoms with van der Waals surface area (Å²) in [6.07, 6.45) is 3.77. The molecule has 4 rings (SSSR count). The maximum Gasteiger partial charge on any atom is 0.414 e. The van der Waals surface area contributed by atoms with Crippen molar-refractivity contribution in [2.45, 2.75) is 19.3 Å². The second-order valence-electron chi connectivity index (χ2n) is 7.96. The van der Waals surface area contributed by atoms with Gasteiger partial charge in [0.15, 0.2) is 0 Å². The summed E-state index contributed by atoms with van der Waals surface area (Å²) in [5.74, 6) is -3.65. The van der Waals surface area contributed by atoms with Crippen LogP contribution in [-0.4, -0.2) is 72.9 Å². The van der Waals surface area contributed by atoms with E-state index in [0.29, 0.717) is 0 Å². The number of rotatable bonds is 6. The molecule has 0 saturated carbocycles. The van der Waals surface area contributed by atoms with Crippen LogP contribution in [0.2, 0.25) is 5.02 Å². The number of anilines is 2. The standard InChI is InChI=1S/C22H28ClN3.C2H2O4/c23-20-8-2-4-10-22(20)26-17-15-24(16-18-26)12-5-6-13-25-14-11-19-7-1-3-9-21(19)25;3-1(4)2(5)6/h1-4,7-10H,5-6,11-18H2;(H,3,4)(H,5,6). The van der Waals surface area contributed by atoms with Gasteiger partial charge in [-0.2, -0.15) is 0 Å². The number of hydrogen-bond acceptors (Lipinski definition) is 5. The fourth-order valence-electron chi connectivity index (χ4n) is 4.20. The number of hydrogen-bond donors (Lipinski definition) is 2. The van der Waals surface area contributed by atoms with Crippen molar-refractivity contribution in [2.75, 3.05) is 55.6 Å². The molecular weight excluding hydrogens is 430 g/mol. The quantitative estimate of drug-likeness (QED) is 0.505. The highest BCUT2D eigenvalue weighted by molar-refractivity contribution is 6.33. The van der Waals surface area contributed by atoms with Gasteiger partial charge >= 0.3 is 11.9 Å². The van der Waals surface area contributed by atoms with E-state index in [4.69, 9.17) is 31.4 Å². The van der Waals surface area contributed by atoms with Crippen molar-refractivity contribution in [3.8, 4) is 0 Å². The molecule has 172 valence electrons. The summed E-state index contributed by atoms with van der Waals surface area (Å²) in [7, 11) is 0. The Hall–Kier alpha value is -2.77. The number of para-hydroxylation sites is 2. The molecule has 0 bridgehead atoms. The Kier molecular flexibility index (Phi) is 8.76. The molecule has 0 aliphatic carbocycles. The van der Waals surface area contributed by atoms with Crippen LogP contribution in [0.4, 0.5) is 11.4 Å². The summed E-state index contributed by atoms with van der Waals surface area (Å²) in [5, 5.41) is 15.6. The van der Waals surface area contributed by atoms with E-state index in [1.807, 2.05) is 12.1 Å². The molecule has 32 heavy (non-hydrogen) atoms. The maximum atomic E-state index is 9.10. The Labute approximate surface area is 193 Å². The Morgan fingerprint density at radius 2 is 1.38 bits per heavy atom. The molecule has 2 aromatic carbocycles. The number of fused-ring (bicyclic) bond motifs is 1. The third kappa shape index (κ3) is 6.61. The zero-order valence-electron chi connectivity index (χ0n) is 18.1. The van der Waals surface area contributed by atoms with Crippen LogP contribution in [0.5, 0.6) is 0 Å². The third-order valence-electron chi connectivity index (χ3n) is 5.88. The number of carbonyl (C=O) groups is 2. The fourth-order valence-corrected chi connectivity index (χ4v) is 4.45. The van der Waals surface area contributed by atoms with Crippen LogP contribution < -0.4 is 9.80 Å². The van der Waals surface area contributed by atoms with E-state index < -0.39 is 11.9 Å². The average Bonchev–Trinajstić information content (AvgIpc) is 3.21. The highest BCUT2D eigenvalue weighted by Crippen LogP contribution is 2.28. The lowest BCUT2D eigenvalue weighted by atomic mass is 10.2. The molecule has 7 nitrogen and oxygen atoms in total. The summed E-state index contributed by atoms with van der Waals surface area (Å²) in [5.41, 5.74) is 4.16. The van der Waals surface area contributed by atoms with Crippen molar-refractivity contribution < 1.29 is 19.8 Å². The van der Waals surface area contributed by atoms with Crippen molar-refractivity contribution in [3.63, 3.8) is 0 Å². The van der Waals surface area contributed by atoms with Crippen molar-refractivity contribution >= 4 is 34.9 Å². The van der Waals surface area contributed by atoms with Crippen LogP contribution in [0, 0.1) is 0 Å². The van der Waals surface area contributed by atoms with E-state index in [1.165, 1.54) is 55.8 Å². The first-order valence-electron chi connectivity index (χ1n) is 11.0.